The summed E-state index contributed by atoms with van der Waals surface area (Å²) in [7, 11) is 0. The molecule has 0 radical (unpaired) electrons. The summed E-state index contributed by atoms with van der Waals surface area (Å²) in [5, 5.41) is 0. The first kappa shape index (κ1) is 16.2. The Kier molecular flexibility index (Phi) is 7.41. The van der Waals surface area contributed by atoms with Crippen molar-refractivity contribution in [2.75, 3.05) is 0 Å². The van der Waals surface area contributed by atoms with Gasteiger partial charge in [0, 0.05) is 0 Å². The van der Waals surface area contributed by atoms with Crippen molar-refractivity contribution < 1.29 is 9.53 Å². The molecule has 2 nitrogen and oxygen atoms in total. The zero-order valence-corrected chi connectivity index (χ0v) is 12.5. The molecule has 108 valence electrons. The zero-order valence-electron chi connectivity index (χ0n) is 12.5. The molecule has 1 aromatic rings. The number of carbonyl (C=O) groups excluding carboxylic acids is 1. The quantitative estimate of drug-likeness (QED) is 0.516. The van der Waals surface area contributed by atoms with Gasteiger partial charge in [0.25, 0.3) is 0 Å². The van der Waals surface area contributed by atoms with Crippen molar-refractivity contribution in [2.45, 2.75) is 45.6 Å². The summed E-state index contributed by atoms with van der Waals surface area (Å²) >= 11 is 0. The predicted octanol–water partition coefficient (Wildman–Crippen LogP) is 4.46. The molecule has 0 saturated carbocycles. The average molecular weight is 272 g/mol. The van der Waals surface area contributed by atoms with Crippen LogP contribution in [0, 0.1) is 0 Å². The molecule has 1 rings (SSSR count). The molecule has 0 aliphatic rings. The van der Waals surface area contributed by atoms with Crippen molar-refractivity contribution >= 4 is 5.97 Å². The highest BCUT2D eigenvalue weighted by molar-refractivity contribution is 5.72. The van der Waals surface area contributed by atoms with Gasteiger partial charge in [-0.15, -0.1) is 6.58 Å². The van der Waals surface area contributed by atoms with E-state index >= 15 is 0 Å². The van der Waals surface area contributed by atoms with Crippen molar-refractivity contribution in [3.63, 3.8) is 0 Å². The van der Waals surface area contributed by atoms with Crippen LogP contribution in [-0.2, 0) is 16.0 Å². The molecule has 0 aliphatic heterocycles. The maximum Gasteiger partial charge on any atom is 0.310 e. The lowest BCUT2D eigenvalue weighted by Gasteiger charge is -2.13. The van der Waals surface area contributed by atoms with E-state index in [2.05, 4.69) is 19.6 Å². The van der Waals surface area contributed by atoms with Crippen molar-refractivity contribution in [2.24, 2.45) is 0 Å². The van der Waals surface area contributed by atoms with Crippen molar-refractivity contribution in [1.29, 1.82) is 0 Å². The molecular weight excluding hydrogens is 248 g/mol. The van der Waals surface area contributed by atoms with Crippen LogP contribution in [0.1, 0.15) is 38.7 Å². The number of ether oxygens (including phenoxy) is 1. The molecule has 2 heteroatoms. The number of esters is 1. The number of hydrogen-bond donors (Lipinski definition) is 0. The van der Waals surface area contributed by atoms with Gasteiger partial charge in [-0.05, 0) is 38.7 Å². The highest BCUT2D eigenvalue weighted by Crippen LogP contribution is 2.11. The van der Waals surface area contributed by atoms with E-state index in [1.165, 1.54) is 5.57 Å². The minimum Gasteiger partial charge on any atom is -0.462 e. The zero-order chi connectivity index (χ0) is 14.8. The SMILES string of the molecule is C=CC/C=C(\C)CCC(C)OC(=O)Cc1ccccc1. The van der Waals surface area contributed by atoms with Crippen LogP contribution in [-0.4, -0.2) is 12.1 Å². The first-order valence-electron chi connectivity index (χ1n) is 7.11. The molecule has 0 bridgehead atoms. The molecule has 0 amide bonds. The van der Waals surface area contributed by atoms with Gasteiger partial charge in [0.15, 0.2) is 0 Å². The number of carbonyl (C=O) groups is 1. The standard InChI is InChI=1S/C18H24O2/c1-4-5-9-15(2)12-13-16(3)20-18(19)14-17-10-7-6-8-11-17/h4,6-11,16H,1,5,12-14H2,2-3H3/b15-9+. The molecule has 1 unspecified atom stereocenters. The molecule has 0 fully saturated rings. The Hall–Kier alpha value is -1.83. The maximum atomic E-state index is 11.8. The molecule has 0 saturated heterocycles. The normalized spacial score (nSPS) is 12.8. The monoisotopic (exact) mass is 272 g/mol. The highest BCUT2D eigenvalue weighted by Gasteiger charge is 2.10. The fraction of sp³-hybridized carbons (Fsp3) is 0.389. The minimum atomic E-state index is -0.156. The third-order valence-electron chi connectivity index (χ3n) is 3.10. The summed E-state index contributed by atoms with van der Waals surface area (Å²) < 4.78 is 5.42. The van der Waals surface area contributed by atoms with E-state index in [0.717, 1.165) is 24.8 Å². The van der Waals surface area contributed by atoms with Gasteiger partial charge in [0.1, 0.15) is 0 Å². The Bertz CT molecular complexity index is 446. The smallest absolute Gasteiger partial charge is 0.310 e. The molecular formula is C18H24O2. The number of benzene rings is 1. The Morgan fingerprint density at radius 3 is 2.70 bits per heavy atom. The van der Waals surface area contributed by atoms with E-state index in [9.17, 15) is 4.79 Å². The van der Waals surface area contributed by atoms with Gasteiger partial charge in [-0.1, -0.05) is 48.1 Å². The fourth-order valence-electron chi connectivity index (χ4n) is 1.91. The molecule has 0 aliphatic carbocycles. The predicted molar refractivity (Wildman–Crippen MR) is 83.5 cm³/mol. The van der Waals surface area contributed by atoms with Crippen molar-refractivity contribution in [1.82, 2.24) is 0 Å². The second kappa shape index (κ2) is 9.13. The molecule has 1 aromatic carbocycles. The molecule has 20 heavy (non-hydrogen) atoms. The van der Waals surface area contributed by atoms with Gasteiger partial charge in [-0.25, -0.2) is 0 Å². The van der Waals surface area contributed by atoms with Gasteiger partial charge in [-0.2, -0.15) is 0 Å². The van der Waals surface area contributed by atoms with Gasteiger partial charge >= 0.3 is 5.97 Å². The molecule has 0 N–H and O–H groups in total. The van der Waals surface area contributed by atoms with E-state index in [4.69, 9.17) is 4.74 Å². The lowest BCUT2D eigenvalue weighted by molar-refractivity contribution is -0.147. The maximum absolute atomic E-state index is 11.8. The molecule has 0 spiro atoms. The van der Waals surface area contributed by atoms with Crippen molar-refractivity contribution in [3.8, 4) is 0 Å². The van der Waals surface area contributed by atoms with E-state index in [-0.39, 0.29) is 12.1 Å². The van der Waals surface area contributed by atoms with Crippen LogP contribution in [0.4, 0.5) is 0 Å². The van der Waals surface area contributed by atoms with Gasteiger partial charge in [0.2, 0.25) is 0 Å². The molecule has 0 heterocycles. The summed E-state index contributed by atoms with van der Waals surface area (Å²) in [5.41, 5.74) is 2.31. The average Bonchev–Trinajstić information content (AvgIpc) is 2.43. The van der Waals surface area contributed by atoms with Crippen LogP contribution in [0.3, 0.4) is 0 Å². The second-order valence-electron chi connectivity index (χ2n) is 5.08. The van der Waals surface area contributed by atoms with Gasteiger partial charge < -0.3 is 4.74 Å². The van der Waals surface area contributed by atoms with E-state index in [0.29, 0.717) is 6.42 Å². The van der Waals surface area contributed by atoms with Crippen LogP contribution in [0.15, 0.2) is 54.6 Å². The van der Waals surface area contributed by atoms with Gasteiger partial charge in [0.05, 0.1) is 12.5 Å². The lowest BCUT2D eigenvalue weighted by atomic mass is 10.1. The summed E-state index contributed by atoms with van der Waals surface area (Å²) in [6.45, 7) is 7.74. The summed E-state index contributed by atoms with van der Waals surface area (Å²) in [4.78, 5) is 11.8. The summed E-state index contributed by atoms with van der Waals surface area (Å²) in [6, 6.07) is 9.68. The van der Waals surface area contributed by atoms with E-state index in [1.807, 2.05) is 43.3 Å². The summed E-state index contributed by atoms with van der Waals surface area (Å²) in [5.74, 6) is -0.156. The Morgan fingerprint density at radius 1 is 1.35 bits per heavy atom. The van der Waals surface area contributed by atoms with E-state index < -0.39 is 0 Å². The third-order valence-corrected chi connectivity index (χ3v) is 3.10. The van der Waals surface area contributed by atoms with E-state index in [1.54, 1.807) is 0 Å². The summed E-state index contributed by atoms with van der Waals surface area (Å²) in [6.07, 6.45) is 7.05. The Labute approximate surface area is 122 Å². The van der Waals surface area contributed by atoms with Crippen LogP contribution >= 0.6 is 0 Å². The fourth-order valence-corrected chi connectivity index (χ4v) is 1.91. The highest BCUT2D eigenvalue weighted by atomic mass is 16.5. The second-order valence-corrected chi connectivity index (χ2v) is 5.08. The Balaban J connectivity index is 2.29. The van der Waals surface area contributed by atoms with Crippen LogP contribution in [0.5, 0.6) is 0 Å². The lowest BCUT2D eigenvalue weighted by Crippen LogP contribution is -2.16. The van der Waals surface area contributed by atoms with Gasteiger partial charge in [-0.3, -0.25) is 4.79 Å². The number of allylic oxidation sites excluding steroid dienone is 3. The third kappa shape index (κ3) is 6.93. The topological polar surface area (TPSA) is 26.3 Å². The molecule has 1 atom stereocenters. The molecule has 0 aromatic heterocycles. The van der Waals surface area contributed by atoms with Crippen LogP contribution in [0.25, 0.3) is 0 Å². The number of hydrogen-bond acceptors (Lipinski definition) is 2. The first-order valence-corrected chi connectivity index (χ1v) is 7.11. The van der Waals surface area contributed by atoms with Crippen LogP contribution < -0.4 is 0 Å². The van der Waals surface area contributed by atoms with Crippen LogP contribution in [0.2, 0.25) is 0 Å². The number of rotatable bonds is 8. The van der Waals surface area contributed by atoms with Crippen molar-refractivity contribution in [3.05, 3.63) is 60.2 Å². The largest absolute Gasteiger partial charge is 0.462 e. The first-order chi connectivity index (χ1) is 9.61. The Morgan fingerprint density at radius 2 is 2.05 bits per heavy atom. The minimum absolute atomic E-state index is 0.0432.